The number of rotatable bonds is 3. The minimum Gasteiger partial charge on any atom is -0.486 e. The highest BCUT2D eigenvalue weighted by atomic mass is 32.2. The molecule has 3 rings (SSSR count). The molecule has 1 aromatic carbocycles. The van der Waals surface area contributed by atoms with Gasteiger partial charge in [-0.3, -0.25) is 0 Å². The number of nitrogens with zero attached hydrogens (tertiary/aromatic N) is 1. The summed E-state index contributed by atoms with van der Waals surface area (Å²) in [6.45, 7) is 0.568. The summed E-state index contributed by atoms with van der Waals surface area (Å²) < 4.78 is 37.4. The van der Waals surface area contributed by atoms with Gasteiger partial charge in [0.2, 0.25) is 10.0 Å². The van der Waals surface area contributed by atoms with E-state index in [1.807, 2.05) is 0 Å². The largest absolute Gasteiger partial charge is 0.486 e. The Kier molecular flexibility index (Phi) is 4.02. The van der Waals surface area contributed by atoms with Crippen molar-refractivity contribution in [1.82, 2.24) is 4.31 Å². The Morgan fingerprint density at radius 2 is 1.95 bits per heavy atom. The number of β-amino-alcohol motifs (C(OH)–C–C–N with tert-alkyl or cyclic N) is 1. The summed E-state index contributed by atoms with van der Waals surface area (Å²) in [5.41, 5.74) is -1.38. The third kappa shape index (κ3) is 2.79. The molecule has 0 aliphatic carbocycles. The predicted molar refractivity (Wildman–Crippen MR) is 77.5 cm³/mol. The van der Waals surface area contributed by atoms with Crippen LogP contribution in [0.3, 0.4) is 0 Å². The quantitative estimate of drug-likeness (QED) is 0.808. The minimum atomic E-state index is -3.75. The van der Waals surface area contributed by atoms with Crippen LogP contribution in [0.1, 0.15) is 12.8 Å². The van der Waals surface area contributed by atoms with Gasteiger partial charge >= 0.3 is 0 Å². The van der Waals surface area contributed by atoms with Gasteiger partial charge in [0.15, 0.2) is 11.5 Å². The second kappa shape index (κ2) is 5.69. The highest BCUT2D eigenvalue weighted by Gasteiger charge is 2.38. The van der Waals surface area contributed by atoms with Gasteiger partial charge in [0, 0.05) is 19.2 Å². The van der Waals surface area contributed by atoms with Crippen molar-refractivity contribution in [3.63, 3.8) is 0 Å². The molecule has 0 radical (unpaired) electrons. The summed E-state index contributed by atoms with van der Waals surface area (Å²) in [5, 5.41) is 19.4. The van der Waals surface area contributed by atoms with E-state index in [9.17, 15) is 18.6 Å². The number of fused-ring (bicyclic) bond motifs is 1. The lowest BCUT2D eigenvalue weighted by Crippen LogP contribution is -2.52. The van der Waals surface area contributed by atoms with Crippen LogP contribution < -0.4 is 9.47 Å². The third-order valence-electron chi connectivity index (χ3n) is 3.97. The van der Waals surface area contributed by atoms with Crippen molar-refractivity contribution in [2.45, 2.75) is 23.3 Å². The number of sulfonamides is 1. The van der Waals surface area contributed by atoms with Gasteiger partial charge in [0.05, 0.1) is 11.5 Å². The van der Waals surface area contributed by atoms with E-state index in [1.165, 1.54) is 16.4 Å². The second-order valence-electron chi connectivity index (χ2n) is 5.63. The fourth-order valence-corrected chi connectivity index (χ4v) is 4.31. The number of aliphatic hydroxyl groups excluding tert-OH is 1. The summed E-state index contributed by atoms with van der Waals surface area (Å²) in [6, 6.07) is 4.48. The Bertz CT molecular complexity index is 661. The van der Waals surface area contributed by atoms with Crippen molar-refractivity contribution >= 4 is 10.0 Å². The molecule has 8 heteroatoms. The molecule has 22 heavy (non-hydrogen) atoms. The van der Waals surface area contributed by atoms with E-state index in [-0.39, 0.29) is 11.4 Å². The first-order valence-electron chi connectivity index (χ1n) is 7.18. The molecular weight excluding hydrogens is 310 g/mol. The van der Waals surface area contributed by atoms with Crippen LogP contribution in [0.25, 0.3) is 0 Å². The lowest BCUT2D eigenvalue weighted by Gasteiger charge is -2.37. The van der Waals surface area contributed by atoms with E-state index in [4.69, 9.17) is 9.47 Å². The fourth-order valence-electron chi connectivity index (χ4n) is 2.74. The molecule has 0 unspecified atom stereocenters. The first-order valence-corrected chi connectivity index (χ1v) is 8.62. The van der Waals surface area contributed by atoms with E-state index < -0.39 is 22.2 Å². The molecule has 0 bridgehead atoms. The van der Waals surface area contributed by atoms with E-state index in [2.05, 4.69) is 0 Å². The van der Waals surface area contributed by atoms with Crippen molar-refractivity contribution in [3.8, 4) is 11.5 Å². The molecule has 0 amide bonds. The molecular formula is C14H19NO6S. The van der Waals surface area contributed by atoms with Gasteiger partial charge in [-0.05, 0) is 25.0 Å². The summed E-state index contributed by atoms with van der Waals surface area (Å²) in [6.07, 6.45) is 0.886. The van der Waals surface area contributed by atoms with Crippen molar-refractivity contribution in [2.24, 2.45) is 0 Å². The van der Waals surface area contributed by atoms with Gasteiger partial charge in [0.1, 0.15) is 18.8 Å². The number of benzene rings is 1. The van der Waals surface area contributed by atoms with Crippen LogP contribution in [-0.2, 0) is 10.0 Å². The lowest BCUT2D eigenvalue weighted by molar-refractivity contribution is -0.0496. The molecule has 2 aliphatic heterocycles. The summed E-state index contributed by atoms with van der Waals surface area (Å²) >= 11 is 0. The zero-order valence-electron chi connectivity index (χ0n) is 12.1. The zero-order chi connectivity index (χ0) is 15.8. The van der Waals surface area contributed by atoms with Gasteiger partial charge in [-0.15, -0.1) is 0 Å². The number of piperidine rings is 1. The highest BCUT2D eigenvalue weighted by molar-refractivity contribution is 7.89. The molecule has 2 heterocycles. The van der Waals surface area contributed by atoms with Gasteiger partial charge in [-0.2, -0.15) is 4.31 Å². The Hall–Kier alpha value is -1.35. The summed E-state index contributed by atoms with van der Waals surface area (Å²) in [5.74, 6) is 0.928. The monoisotopic (exact) mass is 329 g/mol. The van der Waals surface area contributed by atoms with Crippen LogP contribution in [0, 0.1) is 0 Å². The smallest absolute Gasteiger partial charge is 0.243 e. The molecule has 122 valence electrons. The number of aliphatic hydroxyl groups is 2. The average Bonchev–Trinajstić information content (AvgIpc) is 2.54. The topological polar surface area (TPSA) is 96.3 Å². The fraction of sp³-hybridized carbons (Fsp3) is 0.571. The second-order valence-corrected chi connectivity index (χ2v) is 7.57. The van der Waals surface area contributed by atoms with Crippen molar-refractivity contribution in [3.05, 3.63) is 18.2 Å². The van der Waals surface area contributed by atoms with E-state index in [0.29, 0.717) is 44.1 Å². The zero-order valence-corrected chi connectivity index (χ0v) is 12.9. The first kappa shape index (κ1) is 15.5. The van der Waals surface area contributed by atoms with Crippen LogP contribution in [0.5, 0.6) is 11.5 Å². The maximum atomic E-state index is 12.7. The van der Waals surface area contributed by atoms with Crippen LogP contribution in [0.2, 0.25) is 0 Å². The summed E-state index contributed by atoms with van der Waals surface area (Å²) in [4.78, 5) is 0.0962. The van der Waals surface area contributed by atoms with Crippen molar-refractivity contribution < 1.29 is 28.1 Å². The average molecular weight is 329 g/mol. The van der Waals surface area contributed by atoms with E-state index in [1.54, 1.807) is 6.07 Å². The van der Waals surface area contributed by atoms with Gasteiger partial charge in [-0.25, -0.2) is 8.42 Å². The summed E-state index contributed by atoms with van der Waals surface area (Å²) in [7, 11) is -3.75. The Morgan fingerprint density at radius 3 is 2.68 bits per heavy atom. The highest BCUT2D eigenvalue weighted by Crippen LogP contribution is 2.34. The first-order chi connectivity index (χ1) is 10.4. The van der Waals surface area contributed by atoms with Crippen molar-refractivity contribution in [2.75, 3.05) is 32.9 Å². The minimum absolute atomic E-state index is 0.0962. The maximum Gasteiger partial charge on any atom is 0.243 e. The molecule has 7 nitrogen and oxygen atoms in total. The van der Waals surface area contributed by atoms with Crippen LogP contribution in [-0.4, -0.2) is 61.4 Å². The van der Waals surface area contributed by atoms with Crippen molar-refractivity contribution in [1.29, 1.82) is 0 Å². The van der Waals surface area contributed by atoms with Crippen LogP contribution >= 0.6 is 0 Å². The molecule has 1 aromatic rings. The number of hydrogen-bond acceptors (Lipinski definition) is 6. The standard InChI is InChI=1S/C14H19NO6S/c16-10-14(17)4-1-5-15(9-14)22(18,19)11-2-3-12-13(8-11)21-7-6-20-12/h2-3,8,16-17H,1,4-7,9-10H2/t14-/m0/s1. The van der Waals surface area contributed by atoms with Gasteiger partial charge in [-0.1, -0.05) is 0 Å². The maximum absolute atomic E-state index is 12.7. The molecule has 1 saturated heterocycles. The molecule has 1 atom stereocenters. The molecule has 2 N–H and O–H groups in total. The molecule has 1 fully saturated rings. The van der Waals surface area contributed by atoms with E-state index >= 15 is 0 Å². The Labute approximate surface area is 129 Å². The van der Waals surface area contributed by atoms with E-state index in [0.717, 1.165) is 0 Å². The Morgan fingerprint density at radius 1 is 1.23 bits per heavy atom. The molecule has 2 aliphatic rings. The molecule has 0 aromatic heterocycles. The SMILES string of the molecule is O=S(=O)(c1ccc2c(c1)OCCO2)N1CCC[C@@](O)(CO)C1. The number of ether oxygens (including phenoxy) is 2. The predicted octanol–water partition coefficient (Wildman–Crippen LogP) is -0.0343. The third-order valence-corrected chi connectivity index (χ3v) is 5.81. The normalized spacial score (nSPS) is 25.9. The molecule has 0 spiro atoms. The van der Waals surface area contributed by atoms with Gasteiger partial charge < -0.3 is 19.7 Å². The number of hydrogen-bond donors (Lipinski definition) is 2. The Balaban J connectivity index is 1.89. The lowest BCUT2D eigenvalue weighted by atomic mass is 9.95. The molecule has 0 saturated carbocycles. The van der Waals surface area contributed by atoms with Crippen LogP contribution in [0.15, 0.2) is 23.1 Å². The van der Waals surface area contributed by atoms with Crippen LogP contribution in [0.4, 0.5) is 0 Å². The van der Waals surface area contributed by atoms with Gasteiger partial charge in [0.25, 0.3) is 0 Å².